The van der Waals surface area contributed by atoms with Crippen molar-refractivity contribution in [2.75, 3.05) is 13.7 Å². The van der Waals surface area contributed by atoms with Crippen molar-refractivity contribution >= 4 is 11.6 Å². The Bertz CT molecular complexity index is 758. The summed E-state index contributed by atoms with van der Waals surface area (Å²) in [6.07, 6.45) is 0.945. The lowest BCUT2D eigenvalue weighted by Gasteiger charge is -2.07. The minimum absolute atomic E-state index is 0.154. The lowest BCUT2D eigenvalue weighted by Crippen LogP contribution is -2.25. The topological polar surface area (TPSA) is 59.9 Å². The highest BCUT2D eigenvalue weighted by molar-refractivity contribution is 5.99. The van der Waals surface area contributed by atoms with Crippen LogP contribution in [-0.2, 0) is 11.2 Å². The van der Waals surface area contributed by atoms with E-state index in [9.17, 15) is 9.18 Å². The van der Waals surface area contributed by atoms with E-state index >= 15 is 0 Å². The Labute approximate surface area is 146 Å². The zero-order valence-corrected chi connectivity index (χ0v) is 14.5. The van der Waals surface area contributed by atoms with Gasteiger partial charge in [-0.05, 0) is 49.2 Å². The fourth-order valence-electron chi connectivity index (χ4n) is 2.10. The second-order valence-electron chi connectivity index (χ2n) is 5.37. The van der Waals surface area contributed by atoms with Gasteiger partial charge in [0, 0.05) is 5.56 Å². The van der Waals surface area contributed by atoms with Crippen LogP contribution in [0.5, 0.6) is 11.5 Å². The molecule has 0 saturated heterocycles. The number of nitrogens with zero attached hydrogens (tertiary/aromatic N) is 1. The van der Waals surface area contributed by atoms with Crippen LogP contribution in [0.4, 0.5) is 4.39 Å². The number of amides is 1. The molecule has 0 spiro atoms. The van der Waals surface area contributed by atoms with Crippen LogP contribution in [0.2, 0.25) is 0 Å². The number of halogens is 1. The molecule has 2 rings (SSSR count). The number of carbonyl (C=O) groups is 1. The van der Waals surface area contributed by atoms with E-state index in [4.69, 9.17) is 9.47 Å². The van der Waals surface area contributed by atoms with Crippen molar-refractivity contribution in [2.45, 2.75) is 20.3 Å². The molecule has 0 unspecified atom stereocenters. The Hall–Kier alpha value is -2.89. The molecule has 25 heavy (non-hydrogen) atoms. The summed E-state index contributed by atoms with van der Waals surface area (Å²) in [7, 11) is 1.40. The van der Waals surface area contributed by atoms with Gasteiger partial charge in [0.15, 0.2) is 18.2 Å². The number of aryl methyl sites for hydroxylation is 1. The highest BCUT2D eigenvalue weighted by Crippen LogP contribution is 2.18. The number of nitrogens with one attached hydrogen (secondary N) is 1. The molecule has 132 valence electrons. The lowest BCUT2D eigenvalue weighted by molar-refractivity contribution is -0.123. The van der Waals surface area contributed by atoms with E-state index in [1.165, 1.54) is 24.8 Å². The number of ether oxygens (including phenoxy) is 2. The number of benzene rings is 2. The van der Waals surface area contributed by atoms with Crippen molar-refractivity contribution in [3.05, 3.63) is 59.4 Å². The minimum Gasteiger partial charge on any atom is -0.494 e. The SMILES string of the molecule is CCc1ccc(OCC(=O)N/N=C(/C)c2ccc(OC)c(F)c2)cc1. The molecule has 1 N–H and O–H groups in total. The zero-order chi connectivity index (χ0) is 18.2. The summed E-state index contributed by atoms with van der Waals surface area (Å²) in [4.78, 5) is 11.8. The van der Waals surface area contributed by atoms with E-state index < -0.39 is 11.7 Å². The van der Waals surface area contributed by atoms with Crippen LogP contribution >= 0.6 is 0 Å². The molecule has 0 bridgehead atoms. The quantitative estimate of drug-likeness (QED) is 0.619. The van der Waals surface area contributed by atoms with Gasteiger partial charge < -0.3 is 9.47 Å². The first-order valence-electron chi connectivity index (χ1n) is 7.92. The van der Waals surface area contributed by atoms with Gasteiger partial charge >= 0.3 is 0 Å². The number of hydrogen-bond donors (Lipinski definition) is 1. The van der Waals surface area contributed by atoms with Gasteiger partial charge in [0.1, 0.15) is 5.75 Å². The summed E-state index contributed by atoms with van der Waals surface area (Å²) in [5, 5.41) is 3.96. The van der Waals surface area contributed by atoms with Gasteiger partial charge in [0.25, 0.3) is 5.91 Å². The summed E-state index contributed by atoms with van der Waals surface area (Å²) in [6, 6.07) is 12.0. The van der Waals surface area contributed by atoms with Crippen LogP contribution in [0, 0.1) is 5.82 Å². The first-order valence-corrected chi connectivity index (χ1v) is 7.92. The molecule has 0 aromatic heterocycles. The van der Waals surface area contributed by atoms with E-state index in [-0.39, 0.29) is 12.4 Å². The first kappa shape index (κ1) is 18.4. The number of carbonyl (C=O) groups excluding carboxylic acids is 1. The summed E-state index contributed by atoms with van der Waals surface area (Å²) in [5.74, 6) is -0.110. The average Bonchev–Trinajstić information content (AvgIpc) is 2.64. The zero-order valence-electron chi connectivity index (χ0n) is 14.5. The molecular formula is C19H21FN2O3. The third kappa shape index (κ3) is 5.31. The molecular weight excluding hydrogens is 323 g/mol. The molecule has 0 radical (unpaired) electrons. The summed E-state index contributed by atoms with van der Waals surface area (Å²) in [5.41, 5.74) is 4.61. The smallest absolute Gasteiger partial charge is 0.277 e. The van der Waals surface area contributed by atoms with Crippen molar-refractivity contribution in [1.82, 2.24) is 5.43 Å². The van der Waals surface area contributed by atoms with Crippen LogP contribution < -0.4 is 14.9 Å². The van der Waals surface area contributed by atoms with Gasteiger partial charge in [-0.2, -0.15) is 5.10 Å². The van der Waals surface area contributed by atoms with Gasteiger partial charge in [-0.25, -0.2) is 9.82 Å². The minimum atomic E-state index is -0.486. The maximum Gasteiger partial charge on any atom is 0.277 e. The Morgan fingerprint density at radius 3 is 2.52 bits per heavy atom. The summed E-state index contributed by atoms with van der Waals surface area (Å²) in [6.45, 7) is 3.59. The number of methoxy groups -OCH3 is 1. The van der Waals surface area contributed by atoms with E-state index in [0.717, 1.165) is 6.42 Å². The molecule has 0 fully saturated rings. The molecule has 5 nitrogen and oxygen atoms in total. The molecule has 1 amide bonds. The maximum atomic E-state index is 13.7. The van der Waals surface area contributed by atoms with E-state index in [0.29, 0.717) is 17.0 Å². The van der Waals surface area contributed by atoms with Crippen LogP contribution in [0.25, 0.3) is 0 Å². The maximum absolute atomic E-state index is 13.7. The number of rotatable bonds is 7. The van der Waals surface area contributed by atoms with Crippen LogP contribution in [-0.4, -0.2) is 25.3 Å². The molecule has 2 aromatic rings. The van der Waals surface area contributed by atoms with Gasteiger partial charge in [0.2, 0.25) is 0 Å². The van der Waals surface area contributed by atoms with Crippen molar-refractivity contribution < 1.29 is 18.7 Å². The monoisotopic (exact) mass is 344 g/mol. The van der Waals surface area contributed by atoms with Crippen LogP contribution in [0.15, 0.2) is 47.6 Å². The van der Waals surface area contributed by atoms with Crippen LogP contribution in [0.3, 0.4) is 0 Å². The Balaban J connectivity index is 1.89. The van der Waals surface area contributed by atoms with Crippen molar-refractivity contribution in [3.63, 3.8) is 0 Å². The van der Waals surface area contributed by atoms with Gasteiger partial charge in [0.05, 0.1) is 12.8 Å². The molecule has 0 saturated carbocycles. The number of hydrazone groups is 1. The molecule has 0 heterocycles. The van der Waals surface area contributed by atoms with Gasteiger partial charge in [-0.15, -0.1) is 0 Å². The molecule has 6 heteroatoms. The summed E-state index contributed by atoms with van der Waals surface area (Å²) >= 11 is 0. The van der Waals surface area contributed by atoms with Crippen molar-refractivity contribution in [1.29, 1.82) is 0 Å². The van der Waals surface area contributed by atoms with Crippen LogP contribution in [0.1, 0.15) is 25.0 Å². The van der Waals surface area contributed by atoms with E-state index in [2.05, 4.69) is 17.5 Å². The highest BCUT2D eigenvalue weighted by Gasteiger charge is 2.07. The standard InChI is InChI=1S/C19H21FN2O3/c1-4-14-5-8-16(9-6-14)25-12-19(23)22-21-13(2)15-7-10-18(24-3)17(20)11-15/h5-11H,4,12H2,1-3H3,(H,22,23)/b21-13-. The average molecular weight is 344 g/mol. The second-order valence-corrected chi connectivity index (χ2v) is 5.37. The van der Waals surface area contributed by atoms with Crippen molar-refractivity contribution in [3.8, 4) is 11.5 Å². The van der Waals surface area contributed by atoms with E-state index in [1.807, 2.05) is 24.3 Å². The highest BCUT2D eigenvalue weighted by atomic mass is 19.1. The second kappa shape index (κ2) is 8.82. The van der Waals surface area contributed by atoms with E-state index in [1.54, 1.807) is 13.0 Å². The third-order valence-electron chi connectivity index (χ3n) is 3.62. The molecule has 0 atom stereocenters. The third-order valence-corrected chi connectivity index (χ3v) is 3.62. The fourth-order valence-corrected chi connectivity index (χ4v) is 2.10. The molecule has 0 aliphatic heterocycles. The molecule has 0 aliphatic rings. The Morgan fingerprint density at radius 2 is 1.92 bits per heavy atom. The molecule has 0 aliphatic carbocycles. The lowest BCUT2D eigenvalue weighted by atomic mass is 10.1. The Kier molecular flexibility index (Phi) is 6.51. The fraction of sp³-hybridized carbons (Fsp3) is 0.263. The summed E-state index contributed by atoms with van der Waals surface area (Å²) < 4.78 is 23.9. The number of hydrogen-bond acceptors (Lipinski definition) is 4. The van der Waals surface area contributed by atoms with Crippen molar-refractivity contribution in [2.24, 2.45) is 5.10 Å². The molecule has 2 aromatic carbocycles. The first-order chi connectivity index (χ1) is 12.0. The predicted octanol–water partition coefficient (Wildman–Crippen LogP) is 3.32. The normalized spacial score (nSPS) is 11.1. The van der Waals surface area contributed by atoms with Gasteiger partial charge in [-0.1, -0.05) is 19.1 Å². The largest absolute Gasteiger partial charge is 0.494 e. The predicted molar refractivity (Wildman–Crippen MR) is 94.6 cm³/mol. The Morgan fingerprint density at radius 1 is 1.20 bits per heavy atom. The van der Waals surface area contributed by atoms with Gasteiger partial charge in [-0.3, -0.25) is 4.79 Å².